The number of rotatable bonds is 5. The summed E-state index contributed by atoms with van der Waals surface area (Å²) in [5, 5.41) is 3.26. The summed E-state index contributed by atoms with van der Waals surface area (Å²) in [6.07, 6.45) is 6.70. The van der Waals surface area contributed by atoms with Gasteiger partial charge in [0.25, 0.3) is 0 Å². The Balaban J connectivity index is 1.70. The number of carbonyl (C=O) groups excluding carboxylic acids is 1. The maximum Gasteiger partial charge on any atom is 0.224 e. The van der Waals surface area contributed by atoms with Gasteiger partial charge in [0.15, 0.2) is 0 Å². The van der Waals surface area contributed by atoms with E-state index in [2.05, 4.69) is 27.2 Å². The molecule has 3 rings (SSSR count). The van der Waals surface area contributed by atoms with Crippen molar-refractivity contribution in [3.05, 3.63) is 36.8 Å². The first-order chi connectivity index (χ1) is 10.8. The molecule has 22 heavy (non-hydrogen) atoms. The number of nitrogens with zero attached hydrogens (tertiary/aromatic N) is 4. The van der Waals surface area contributed by atoms with Crippen LogP contribution in [0, 0.1) is 0 Å². The molecule has 2 aromatic heterocycles. The molecule has 1 aliphatic rings. The Morgan fingerprint density at radius 2 is 2.27 bits per heavy atom. The van der Waals surface area contributed by atoms with Gasteiger partial charge < -0.3 is 10.2 Å². The maximum atomic E-state index is 11.9. The summed E-state index contributed by atoms with van der Waals surface area (Å²) >= 11 is 0. The Morgan fingerprint density at radius 3 is 3.05 bits per heavy atom. The van der Waals surface area contributed by atoms with Gasteiger partial charge in [-0.2, -0.15) is 0 Å². The van der Waals surface area contributed by atoms with Gasteiger partial charge in [-0.1, -0.05) is 6.92 Å². The molecule has 6 heteroatoms. The number of carbonyl (C=O) groups is 1. The molecule has 0 saturated carbocycles. The average Bonchev–Trinajstić information content (AvgIpc) is 2.88. The zero-order chi connectivity index (χ0) is 15.4. The lowest BCUT2D eigenvalue weighted by Crippen LogP contribution is -2.28. The van der Waals surface area contributed by atoms with Crippen LogP contribution in [0.4, 0.5) is 5.95 Å². The molecule has 0 spiro atoms. The Kier molecular flexibility index (Phi) is 4.27. The van der Waals surface area contributed by atoms with Crippen LogP contribution < -0.4 is 5.32 Å². The lowest BCUT2D eigenvalue weighted by Gasteiger charge is -2.16. The molecule has 6 nitrogen and oxygen atoms in total. The van der Waals surface area contributed by atoms with E-state index in [9.17, 15) is 4.79 Å². The van der Waals surface area contributed by atoms with Gasteiger partial charge in [-0.05, 0) is 24.6 Å². The van der Waals surface area contributed by atoms with Gasteiger partial charge in [0.1, 0.15) is 0 Å². The van der Waals surface area contributed by atoms with E-state index in [0.29, 0.717) is 18.9 Å². The highest BCUT2D eigenvalue weighted by Crippen LogP contribution is 2.18. The van der Waals surface area contributed by atoms with E-state index in [0.717, 1.165) is 24.2 Å². The summed E-state index contributed by atoms with van der Waals surface area (Å²) < 4.78 is 0. The fourth-order valence-corrected chi connectivity index (χ4v) is 2.64. The zero-order valence-electron chi connectivity index (χ0n) is 12.6. The minimum absolute atomic E-state index is 0.0724. The number of nitrogens with one attached hydrogen (secondary N) is 1. The molecular formula is C16H19N5O. The number of pyridine rings is 1. The Morgan fingerprint density at radius 1 is 1.36 bits per heavy atom. The van der Waals surface area contributed by atoms with Crippen molar-refractivity contribution in [2.45, 2.75) is 25.8 Å². The third-order valence-corrected chi connectivity index (χ3v) is 3.65. The van der Waals surface area contributed by atoms with Crippen molar-refractivity contribution in [2.24, 2.45) is 0 Å². The fourth-order valence-electron chi connectivity index (χ4n) is 2.64. The number of hydrogen-bond acceptors (Lipinski definition) is 5. The second-order valence-electron chi connectivity index (χ2n) is 5.39. The third-order valence-electron chi connectivity index (χ3n) is 3.65. The summed E-state index contributed by atoms with van der Waals surface area (Å²) in [6, 6.07) is 5.76. The second kappa shape index (κ2) is 6.51. The highest BCUT2D eigenvalue weighted by Gasteiger charge is 2.29. The van der Waals surface area contributed by atoms with Crippen LogP contribution in [0.1, 0.15) is 19.8 Å². The molecule has 1 N–H and O–H groups in total. The summed E-state index contributed by atoms with van der Waals surface area (Å²) in [4.78, 5) is 26.6. The van der Waals surface area contributed by atoms with Crippen molar-refractivity contribution >= 4 is 11.9 Å². The quantitative estimate of drug-likeness (QED) is 0.913. The number of aromatic nitrogens is 3. The number of likely N-dealkylation sites (tertiary alicyclic amines) is 1. The van der Waals surface area contributed by atoms with E-state index in [-0.39, 0.29) is 11.9 Å². The first kappa shape index (κ1) is 14.4. The molecular weight excluding hydrogens is 278 g/mol. The van der Waals surface area contributed by atoms with E-state index in [1.807, 2.05) is 23.1 Å². The topological polar surface area (TPSA) is 71.0 Å². The molecule has 3 heterocycles. The van der Waals surface area contributed by atoms with Gasteiger partial charge in [-0.3, -0.25) is 9.78 Å². The van der Waals surface area contributed by atoms with Crippen molar-refractivity contribution in [1.29, 1.82) is 0 Å². The average molecular weight is 297 g/mol. The Labute approximate surface area is 129 Å². The summed E-state index contributed by atoms with van der Waals surface area (Å²) in [5.41, 5.74) is 1.77. The van der Waals surface area contributed by atoms with Crippen LogP contribution in [0.15, 0.2) is 36.8 Å². The smallest absolute Gasteiger partial charge is 0.224 e. The Bertz CT molecular complexity index is 646. The van der Waals surface area contributed by atoms with Crippen LogP contribution in [0.3, 0.4) is 0 Å². The van der Waals surface area contributed by atoms with Gasteiger partial charge in [-0.25, -0.2) is 9.97 Å². The van der Waals surface area contributed by atoms with Gasteiger partial charge >= 0.3 is 0 Å². The van der Waals surface area contributed by atoms with Crippen molar-refractivity contribution in [3.8, 4) is 11.3 Å². The highest BCUT2D eigenvalue weighted by molar-refractivity contribution is 5.79. The molecule has 2 aromatic rings. The van der Waals surface area contributed by atoms with Crippen molar-refractivity contribution in [2.75, 3.05) is 18.4 Å². The molecule has 1 atom stereocenters. The molecule has 0 bridgehead atoms. The number of hydrogen-bond donors (Lipinski definition) is 1. The number of anilines is 1. The van der Waals surface area contributed by atoms with Crippen molar-refractivity contribution in [1.82, 2.24) is 19.9 Å². The largest absolute Gasteiger partial charge is 0.349 e. The van der Waals surface area contributed by atoms with Crippen LogP contribution in [0.2, 0.25) is 0 Å². The van der Waals surface area contributed by atoms with E-state index in [4.69, 9.17) is 0 Å². The lowest BCUT2D eigenvalue weighted by atomic mass is 10.2. The van der Waals surface area contributed by atoms with Gasteiger partial charge in [0.05, 0.1) is 11.7 Å². The van der Waals surface area contributed by atoms with Crippen LogP contribution in [0.25, 0.3) is 11.3 Å². The highest BCUT2D eigenvalue weighted by atomic mass is 16.2. The van der Waals surface area contributed by atoms with Crippen LogP contribution in [-0.2, 0) is 4.79 Å². The first-order valence-electron chi connectivity index (χ1n) is 7.54. The van der Waals surface area contributed by atoms with Crippen LogP contribution >= 0.6 is 0 Å². The molecule has 0 aromatic carbocycles. The second-order valence-corrected chi connectivity index (χ2v) is 5.39. The third kappa shape index (κ3) is 3.21. The predicted octanol–water partition coefficient (Wildman–Crippen LogP) is 1.96. The molecule has 114 valence electrons. The lowest BCUT2D eigenvalue weighted by molar-refractivity contribution is -0.127. The predicted molar refractivity (Wildman–Crippen MR) is 84.2 cm³/mol. The van der Waals surface area contributed by atoms with Gasteiger partial charge in [0, 0.05) is 43.7 Å². The van der Waals surface area contributed by atoms with E-state index < -0.39 is 0 Å². The molecule has 0 radical (unpaired) electrons. The zero-order valence-corrected chi connectivity index (χ0v) is 12.6. The summed E-state index contributed by atoms with van der Waals surface area (Å²) in [5.74, 6) is 0.750. The Hall–Kier alpha value is -2.50. The molecule has 0 unspecified atom stereocenters. The van der Waals surface area contributed by atoms with Crippen molar-refractivity contribution < 1.29 is 4.79 Å². The van der Waals surface area contributed by atoms with E-state index >= 15 is 0 Å². The molecule has 0 aliphatic carbocycles. The summed E-state index contributed by atoms with van der Waals surface area (Å²) in [7, 11) is 0. The SMILES string of the molecule is CCCN1C[C@@H](Nc2nccc(-c3cccnc3)n2)CC1=O. The normalized spacial score (nSPS) is 17.8. The monoisotopic (exact) mass is 297 g/mol. The van der Waals surface area contributed by atoms with E-state index in [1.165, 1.54) is 0 Å². The standard InChI is InChI=1S/C16H19N5O/c1-2-8-21-11-13(9-15(21)22)19-16-18-7-5-14(20-16)12-4-3-6-17-10-12/h3-7,10,13H,2,8-9,11H2,1H3,(H,18,19,20)/t13-/m0/s1. The fraction of sp³-hybridized carbons (Fsp3) is 0.375. The summed E-state index contributed by atoms with van der Waals surface area (Å²) in [6.45, 7) is 3.61. The van der Waals surface area contributed by atoms with Crippen LogP contribution in [0.5, 0.6) is 0 Å². The molecule has 1 aliphatic heterocycles. The minimum atomic E-state index is 0.0724. The molecule has 1 saturated heterocycles. The first-order valence-corrected chi connectivity index (χ1v) is 7.54. The van der Waals surface area contributed by atoms with Crippen molar-refractivity contribution in [3.63, 3.8) is 0 Å². The minimum Gasteiger partial charge on any atom is -0.349 e. The molecule has 1 amide bonds. The number of amides is 1. The van der Waals surface area contributed by atoms with Gasteiger partial charge in [-0.15, -0.1) is 0 Å². The van der Waals surface area contributed by atoms with Gasteiger partial charge in [0.2, 0.25) is 11.9 Å². The molecule has 1 fully saturated rings. The maximum absolute atomic E-state index is 11.9. The van der Waals surface area contributed by atoms with E-state index in [1.54, 1.807) is 18.6 Å². The van der Waals surface area contributed by atoms with Crippen LogP contribution in [-0.4, -0.2) is 44.9 Å².